The lowest BCUT2D eigenvalue weighted by molar-refractivity contribution is -0.730. The smallest absolute Gasteiger partial charge is 0.435 e. The number of nitrogens with zero attached hydrogens (tertiary/aromatic N) is 4. The number of halogens is 1. The molecule has 33 heavy (non-hydrogen) atoms. The Bertz CT molecular complexity index is 1560. The van der Waals surface area contributed by atoms with E-state index in [4.69, 9.17) is 32.3 Å². The molecule has 0 aliphatic rings. The number of nitriles is 1. The average Bonchev–Trinajstić information content (AvgIpc) is 3.28. The summed E-state index contributed by atoms with van der Waals surface area (Å²) in [6.07, 6.45) is 0. The second-order valence-corrected chi connectivity index (χ2v) is 8.37. The van der Waals surface area contributed by atoms with Crippen molar-refractivity contribution in [3.05, 3.63) is 43.6 Å². The molecule has 5 N–H and O–H groups in total. The maximum atomic E-state index is 13.1. The molecule has 0 amide bonds. The molecule has 3 aromatic heterocycles. The van der Waals surface area contributed by atoms with E-state index in [9.17, 15) is 15.2 Å². The Kier molecular flexibility index (Phi) is 5.44. The van der Waals surface area contributed by atoms with Crippen LogP contribution >= 0.6 is 22.9 Å². The summed E-state index contributed by atoms with van der Waals surface area (Å²) >= 11 is 7.06. The number of methoxy groups -OCH3 is 1. The maximum absolute atomic E-state index is 13.1. The number of hydrogen-bond donors (Lipinski definition) is 3. The number of nitrogen functional groups attached to an aromatic ring is 2. The van der Waals surface area contributed by atoms with E-state index in [2.05, 4.69) is 15.2 Å². The number of aromatic amines is 1. The summed E-state index contributed by atoms with van der Waals surface area (Å²) in [5.41, 5.74) is 12.6. The number of nitrogens with two attached hydrogens (primary N) is 2. The fraction of sp³-hybridized carbons (Fsp3) is 0.150. The zero-order chi connectivity index (χ0) is 24.0. The second-order valence-electron chi connectivity index (χ2n) is 6.96. The molecule has 0 aliphatic heterocycles. The molecule has 0 spiro atoms. The number of nitrogens with one attached hydrogen (secondary N) is 1. The molecule has 0 saturated heterocycles. The van der Waals surface area contributed by atoms with Crippen molar-refractivity contribution in [3.63, 3.8) is 0 Å². The number of anilines is 2. The molecule has 0 saturated carbocycles. The van der Waals surface area contributed by atoms with E-state index in [1.807, 2.05) is 6.07 Å². The van der Waals surface area contributed by atoms with Crippen molar-refractivity contribution in [2.24, 2.45) is 12.0 Å². The molecule has 4 rings (SSSR count). The number of ether oxygens (including phenoxy) is 1. The zero-order valence-corrected chi connectivity index (χ0v) is 19.1. The molecule has 11 nitrogen and oxygen atoms in total. The minimum Gasteiger partial charge on any atom is -0.858 e. The number of aryl methyl sites for hydroxylation is 2. The Morgan fingerprint density at radius 2 is 2.18 bits per heavy atom. The number of rotatable bonds is 4. The minimum absolute atomic E-state index is 0.00100. The third kappa shape index (κ3) is 3.53. The molecule has 0 radical (unpaired) electrons. The number of aliphatic imine (C=N–C) groups is 1. The molecule has 168 valence electrons. The van der Waals surface area contributed by atoms with Crippen molar-refractivity contribution in [2.45, 2.75) is 6.92 Å². The molecular formula is C20H16ClN7O4S. The summed E-state index contributed by atoms with van der Waals surface area (Å²) in [6, 6.07) is 5.12. The molecule has 4 aromatic rings. The number of benzene rings is 1. The molecule has 1 aromatic carbocycles. The van der Waals surface area contributed by atoms with Gasteiger partial charge in [-0.3, -0.25) is 9.52 Å². The van der Waals surface area contributed by atoms with Gasteiger partial charge < -0.3 is 21.3 Å². The van der Waals surface area contributed by atoms with Crippen molar-refractivity contribution in [3.8, 4) is 23.1 Å². The number of pyridine rings is 1. The van der Waals surface area contributed by atoms with Gasteiger partial charge in [-0.1, -0.05) is 16.3 Å². The summed E-state index contributed by atoms with van der Waals surface area (Å²) in [7, 11) is 2.95. The predicted octanol–water partition coefficient (Wildman–Crippen LogP) is 1.51. The molecule has 3 heterocycles. The van der Waals surface area contributed by atoms with Crippen LogP contribution in [0.5, 0.6) is 5.75 Å². The Labute approximate surface area is 195 Å². The van der Waals surface area contributed by atoms with E-state index in [0.717, 1.165) is 11.3 Å². The Balaban J connectivity index is 2.01. The molecule has 0 fully saturated rings. The Morgan fingerprint density at radius 3 is 2.79 bits per heavy atom. The summed E-state index contributed by atoms with van der Waals surface area (Å²) in [4.78, 5) is 21.0. The number of H-pyrrole nitrogens is 1. The van der Waals surface area contributed by atoms with Crippen molar-refractivity contribution in [2.75, 3.05) is 18.6 Å². The molecule has 0 unspecified atom stereocenters. The van der Waals surface area contributed by atoms with Gasteiger partial charge in [-0.2, -0.15) is 5.26 Å². The fourth-order valence-corrected chi connectivity index (χ4v) is 4.50. The average molecular weight is 486 g/mol. The standard InChI is InChI=1S/C20H16ClN7O4S/c1-7-4-10(11(31-3)5-9(7)21)25-18(29)16-14(23)13-12(15-20(30)32-27-28(15)2)8(6-22)17(24)26-19(13)33-16/h4-5H,1-3H3,(H5-,23,24,25,26,27,29,30). The van der Waals surface area contributed by atoms with Gasteiger partial charge >= 0.3 is 11.3 Å². The van der Waals surface area contributed by atoms with E-state index in [1.54, 1.807) is 19.1 Å². The first-order chi connectivity index (χ1) is 15.7. The third-order valence-corrected chi connectivity index (χ3v) is 6.43. The van der Waals surface area contributed by atoms with Crippen molar-refractivity contribution < 1.29 is 19.0 Å². The number of hydrogen-bond acceptors (Lipinski definition) is 10. The lowest BCUT2D eigenvalue weighted by Crippen LogP contribution is -2.34. The van der Waals surface area contributed by atoms with Gasteiger partial charge in [0.2, 0.25) is 0 Å². The number of fused-ring (bicyclic) bond motifs is 1. The van der Waals surface area contributed by atoms with Gasteiger partial charge in [-0.25, -0.2) is 9.78 Å². The Hall–Kier alpha value is -4.08. The van der Waals surface area contributed by atoms with Crippen LogP contribution in [0.4, 0.5) is 17.2 Å². The van der Waals surface area contributed by atoms with Crippen LogP contribution in [0.15, 0.2) is 26.4 Å². The predicted molar refractivity (Wildman–Crippen MR) is 122 cm³/mol. The molecule has 13 heteroatoms. The molecule has 0 bridgehead atoms. The van der Waals surface area contributed by atoms with Crippen molar-refractivity contribution in [1.82, 2.24) is 10.3 Å². The molecule has 0 aliphatic carbocycles. The highest BCUT2D eigenvalue weighted by Gasteiger charge is 2.31. The van der Waals surface area contributed by atoms with Gasteiger partial charge in [0, 0.05) is 17.0 Å². The minimum atomic E-state index is -0.745. The van der Waals surface area contributed by atoms with E-state index in [-0.39, 0.29) is 49.1 Å². The fourth-order valence-electron chi connectivity index (χ4n) is 3.35. The highest BCUT2D eigenvalue weighted by atomic mass is 35.5. The van der Waals surface area contributed by atoms with Crippen LogP contribution in [-0.4, -0.2) is 23.3 Å². The van der Waals surface area contributed by atoms with Gasteiger partial charge in [0.1, 0.15) is 33.7 Å². The quantitative estimate of drug-likeness (QED) is 0.220. The van der Waals surface area contributed by atoms with Gasteiger partial charge in [0.15, 0.2) is 7.05 Å². The van der Waals surface area contributed by atoms with E-state index < -0.39 is 11.5 Å². The van der Waals surface area contributed by atoms with Crippen LogP contribution < -0.4 is 31.6 Å². The largest absolute Gasteiger partial charge is 0.858 e. The van der Waals surface area contributed by atoms with Crippen LogP contribution in [0.25, 0.3) is 21.5 Å². The van der Waals surface area contributed by atoms with E-state index in [0.29, 0.717) is 16.3 Å². The topological polar surface area (TPSA) is 183 Å². The van der Waals surface area contributed by atoms with Crippen molar-refractivity contribution in [1.29, 1.82) is 5.26 Å². The monoisotopic (exact) mass is 485 g/mol. The first-order valence-corrected chi connectivity index (χ1v) is 10.5. The molecule has 0 atom stereocenters. The van der Waals surface area contributed by atoms with E-state index in [1.165, 1.54) is 18.8 Å². The summed E-state index contributed by atoms with van der Waals surface area (Å²) in [5, 5.41) is 25.9. The summed E-state index contributed by atoms with van der Waals surface area (Å²) in [6.45, 7) is 1.77. The number of thiophene rings is 1. The van der Waals surface area contributed by atoms with Gasteiger partial charge in [-0.15, -0.1) is 11.3 Å². The summed E-state index contributed by atoms with van der Waals surface area (Å²) in [5.74, 6) is -0.470. The maximum Gasteiger partial charge on any atom is 0.435 e. The van der Waals surface area contributed by atoms with Gasteiger partial charge in [-0.05, 0) is 23.8 Å². The van der Waals surface area contributed by atoms with Crippen LogP contribution in [0.2, 0.25) is 5.02 Å². The molecular weight excluding hydrogens is 470 g/mol. The first kappa shape index (κ1) is 22.1. The highest BCUT2D eigenvalue weighted by molar-refractivity contribution is 7.21. The first-order valence-electron chi connectivity index (χ1n) is 9.27. The number of aromatic nitrogens is 3. The van der Waals surface area contributed by atoms with Crippen LogP contribution in [0, 0.1) is 18.3 Å². The van der Waals surface area contributed by atoms with Gasteiger partial charge in [0.05, 0.1) is 28.6 Å². The second kappa shape index (κ2) is 8.12. The van der Waals surface area contributed by atoms with Crippen LogP contribution in [0.1, 0.15) is 16.0 Å². The van der Waals surface area contributed by atoms with Crippen LogP contribution in [0.3, 0.4) is 0 Å². The highest BCUT2D eigenvalue weighted by Crippen LogP contribution is 2.41. The Morgan fingerprint density at radius 1 is 1.45 bits per heavy atom. The van der Waals surface area contributed by atoms with Gasteiger partial charge in [0.25, 0.3) is 0 Å². The lowest BCUT2D eigenvalue weighted by Gasteiger charge is -2.13. The zero-order valence-electron chi connectivity index (χ0n) is 17.5. The van der Waals surface area contributed by atoms with Crippen LogP contribution in [-0.2, 0) is 7.05 Å². The third-order valence-electron chi connectivity index (χ3n) is 4.93. The lowest BCUT2D eigenvalue weighted by atomic mass is 10.0. The van der Waals surface area contributed by atoms with Crippen molar-refractivity contribution >= 4 is 56.2 Å². The van der Waals surface area contributed by atoms with E-state index >= 15 is 0 Å². The normalized spacial score (nSPS) is 11.7. The SMILES string of the molecule is COc1cc(Cl)c(C)cc1N=C([O-])c1sc2nc(N)c(C#N)c(-c3c(=O)o[nH][n+]3C)c2c1N. The summed E-state index contributed by atoms with van der Waals surface area (Å²) < 4.78 is 11.4.